The molecule has 1 N–H and O–H groups in total. The van der Waals surface area contributed by atoms with Crippen molar-refractivity contribution in [1.29, 1.82) is 0 Å². The number of nitrogens with one attached hydrogen (secondary N) is 1. The van der Waals surface area contributed by atoms with Crippen molar-refractivity contribution in [3.05, 3.63) is 65.1 Å². The molecule has 0 aliphatic heterocycles. The highest BCUT2D eigenvalue weighted by atomic mass is 16.1. The molecule has 150 valence electrons. The van der Waals surface area contributed by atoms with Gasteiger partial charge in [0.25, 0.3) is 5.91 Å². The number of ketones is 1. The van der Waals surface area contributed by atoms with Gasteiger partial charge in [0, 0.05) is 18.7 Å². The van der Waals surface area contributed by atoms with E-state index in [0.29, 0.717) is 23.2 Å². The predicted molar refractivity (Wildman–Crippen MR) is 111 cm³/mol. The Bertz CT molecular complexity index is 1070. The highest BCUT2D eigenvalue weighted by molar-refractivity contribution is 6.01. The lowest BCUT2D eigenvalue weighted by atomic mass is 9.76. The van der Waals surface area contributed by atoms with E-state index in [1.54, 1.807) is 16.9 Å². The number of Topliss-reactive ketones (excluding diaryl/α,β-unsaturated/α-hetero) is 1. The van der Waals surface area contributed by atoms with E-state index in [-0.39, 0.29) is 23.1 Å². The minimum Gasteiger partial charge on any atom is -0.349 e. The first-order valence-corrected chi connectivity index (χ1v) is 10.1. The second kappa shape index (κ2) is 7.43. The van der Waals surface area contributed by atoms with E-state index in [0.717, 1.165) is 25.0 Å². The third-order valence-corrected chi connectivity index (χ3v) is 5.54. The first-order chi connectivity index (χ1) is 13.8. The van der Waals surface area contributed by atoms with Crippen molar-refractivity contribution in [3.8, 4) is 0 Å². The van der Waals surface area contributed by atoms with Gasteiger partial charge in [-0.15, -0.1) is 0 Å². The molecular weight excluding hydrogens is 364 g/mol. The number of rotatable bonds is 5. The molecule has 1 aliphatic rings. The Morgan fingerprint density at radius 2 is 1.97 bits per heavy atom. The average Bonchev–Trinajstić information content (AvgIpc) is 3.11. The summed E-state index contributed by atoms with van der Waals surface area (Å²) in [4.78, 5) is 29.7. The van der Waals surface area contributed by atoms with Crippen LogP contribution in [0.1, 0.15) is 65.6 Å². The molecular formula is C23H26N4O2. The summed E-state index contributed by atoms with van der Waals surface area (Å²) in [6, 6.07) is 10.3. The summed E-state index contributed by atoms with van der Waals surface area (Å²) in [6.07, 6.45) is 6.12. The molecule has 4 rings (SSSR count). The van der Waals surface area contributed by atoms with Crippen LogP contribution in [0.25, 0.3) is 5.65 Å². The van der Waals surface area contributed by atoms with E-state index in [1.807, 2.05) is 25.1 Å². The van der Waals surface area contributed by atoms with Gasteiger partial charge in [0.05, 0.1) is 17.5 Å². The molecule has 0 unspecified atom stereocenters. The summed E-state index contributed by atoms with van der Waals surface area (Å²) in [5, 5.41) is 7.45. The van der Waals surface area contributed by atoms with Gasteiger partial charge < -0.3 is 5.32 Å². The van der Waals surface area contributed by atoms with E-state index in [1.165, 1.54) is 5.56 Å². The largest absolute Gasteiger partial charge is 0.349 e. The Hall–Kier alpha value is -3.02. The second-order valence-corrected chi connectivity index (χ2v) is 8.75. The van der Waals surface area contributed by atoms with E-state index in [4.69, 9.17) is 0 Å². The molecule has 0 saturated heterocycles. The smallest absolute Gasteiger partial charge is 0.256 e. The first-order valence-electron chi connectivity index (χ1n) is 10.1. The number of carbonyl (C=O) groups excluding carboxylic acids is 2. The summed E-state index contributed by atoms with van der Waals surface area (Å²) in [7, 11) is 0. The summed E-state index contributed by atoms with van der Waals surface area (Å²) >= 11 is 0. The third-order valence-electron chi connectivity index (χ3n) is 5.54. The zero-order chi connectivity index (χ0) is 20.6. The lowest BCUT2D eigenvalue weighted by molar-refractivity contribution is 0.0907. The molecule has 2 heterocycles. The fourth-order valence-electron chi connectivity index (χ4n) is 3.99. The van der Waals surface area contributed by atoms with Gasteiger partial charge in [-0.3, -0.25) is 9.59 Å². The molecule has 0 spiro atoms. The van der Waals surface area contributed by atoms with Gasteiger partial charge in [0.1, 0.15) is 5.56 Å². The molecule has 0 fully saturated rings. The van der Waals surface area contributed by atoms with Gasteiger partial charge in [-0.1, -0.05) is 44.2 Å². The highest BCUT2D eigenvalue weighted by Crippen LogP contribution is 2.34. The Labute approximate surface area is 170 Å². The second-order valence-electron chi connectivity index (χ2n) is 8.75. The van der Waals surface area contributed by atoms with Crippen LogP contribution in [0.5, 0.6) is 0 Å². The number of amides is 1. The molecule has 1 atom stereocenters. The van der Waals surface area contributed by atoms with Crippen LogP contribution in [-0.4, -0.2) is 32.3 Å². The fraction of sp³-hybridized carbons (Fsp3) is 0.391. The maximum Gasteiger partial charge on any atom is 0.256 e. The molecule has 1 aliphatic carbocycles. The Morgan fingerprint density at radius 3 is 2.72 bits per heavy atom. The lowest BCUT2D eigenvalue weighted by Crippen LogP contribution is -2.33. The number of nitrogens with zero attached hydrogens (tertiary/aromatic N) is 3. The maximum absolute atomic E-state index is 12.8. The zero-order valence-corrected chi connectivity index (χ0v) is 17.1. The van der Waals surface area contributed by atoms with E-state index < -0.39 is 0 Å². The predicted octanol–water partition coefficient (Wildman–Crippen LogP) is 3.64. The number of carbonyl (C=O) groups is 2. The maximum atomic E-state index is 12.8. The van der Waals surface area contributed by atoms with Crippen LogP contribution < -0.4 is 5.32 Å². The normalized spacial score (nSPS) is 16.4. The monoisotopic (exact) mass is 390 g/mol. The van der Waals surface area contributed by atoms with Gasteiger partial charge in [-0.25, -0.2) is 9.50 Å². The fourth-order valence-corrected chi connectivity index (χ4v) is 3.99. The zero-order valence-electron chi connectivity index (χ0n) is 17.1. The minimum absolute atomic E-state index is 0.0239. The number of hydrogen-bond acceptors (Lipinski definition) is 4. The van der Waals surface area contributed by atoms with Crippen LogP contribution in [0.15, 0.2) is 42.7 Å². The van der Waals surface area contributed by atoms with Gasteiger partial charge in [0.15, 0.2) is 11.4 Å². The van der Waals surface area contributed by atoms with E-state index in [9.17, 15) is 9.59 Å². The SMILES string of the molecule is C[C@@H](CCc1ccccc1)NC(=O)c1cnn2c3c(cnc12)C(=O)CC(C)(C)C3. The van der Waals surface area contributed by atoms with Crippen molar-refractivity contribution in [3.63, 3.8) is 0 Å². The first kappa shape index (κ1) is 19.3. The number of benzene rings is 1. The minimum atomic E-state index is -0.186. The van der Waals surface area contributed by atoms with Gasteiger partial charge in [-0.05, 0) is 37.2 Å². The van der Waals surface area contributed by atoms with Crippen molar-refractivity contribution in [2.24, 2.45) is 5.41 Å². The molecule has 1 amide bonds. The van der Waals surface area contributed by atoms with Gasteiger partial charge >= 0.3 is 0 Å². The van der Waals surface area contributed by atoms with Gasteiger partial charge in [0.2, 0.25) is 0 Å². The quantitative estimate of drug-likeness (QED) is 0.722. The summed E-state index contributed by atoms with van der Waals surface area (Å²) in [5.74, 6) is -0.101. The van der Waals surface area contributed by atoms with Crippen LogP contribution >= 0.6 is 0 Å². The van der Waals surface area contributed by atoms with Crippen LogP contribution in [0, 0.1) is 5.41 Å². The van der Waals surface area contributed by atoms with Crippen LogP contribution in [0.2, 0.25) is 0 Å². The lowest BCUT2D eigenvalue weighted by Gasteiger charge is -2.29. The summed E-state index contributed by atoms with van der Waals surface area (Å²) in [5.41, 5.74) is 3.52. The van der Waals surface area contributed by atoms with Crippen molar-refractivity contribution < 1.29 is 9.59 Å². The third kappa shape index (κ3) is 3.92. The molecule has 1 aromatic carbocycles. The molecule has 0 saturated carbocycles. The summed E-state index contributed by atoms with van der Waals surface area (Å²) in [6.45, 7) is 6.15. The Balaban J connectivity index is 1.52. The molecule has 6 nitrogen and oxygen atoms in total. The number of aromatic nitrogens is 3. The average molecular weight is 390 g/mol. The van der Waals surface area contributed by atoms with Crippen LogP contribution in [0.4, 0.5) is 0 Å². The van der Waals surface area contributed by atoms with Crippen LogP contribution in [0.3, 0.4) is 0 Å². The molecule has 6 heteroatoms. The molecule has 0 radical (unpaired) electrons. The standard InChI is InChI=1S/C23H26N4O2/c1-15(9-10-16-7-5-4-6-8-16)26-22(29)18-14-25-27-19-11-23(2,3)12-20(28)17(19)13-24-21(18)27/h4-8,13-15H,9-12H2,1-3H3,(H,26,29)/t15-/m0/s1. The number of aryl methyl sites for hydroxylation is 1. The van der Waals surface area contributed by atoms with Crippen molar-refractivity contribution >= 4 is 17.3 Å². The topological polar surface area (TPSA) is 76.4 Å². The van der Waals surface area contributed by atoms with Crippen LogP contribution in [-0.2, 0) is 12.8 Å². The highest BCUT2D eigenvalue weighted by Gasteiger charge is 2.33. The molecule has 0 bridgehead atoms. The Kier molecular flexibility index (Phi) is 4.94. The van der Waals surface area contributed by atoms with Crippen molar-refractivity contribution in [2.75, 3.05) is 0 Å². The van der Waals surface area contributed by atoms with Crippen molar-refractivity contribution in [2.45, 2.75) is 52.5 Å². The summed E-state index contributed by atoms with van der Waals surface area (Å²) < 4.78 is 1.66. The van der Waals surface area contributed by atoms with Crippen molar-refractivity contribution in [1.82, 2.24) is 19.9 Å². The van der Waals surface area contributed by atoms with E-state index in [2.05, 4.69) is 41.4 Å². The molecule has 3 aromatic rings. The Morgan fingerprint density at radius 1 is 1.21 bits per heavy atom. The van der Waals surface area contributed by atoms with Gasteiger partial charge in [-0.2, -0.15) is 5.10 Å². The molecule has 29 heavy (non-hydrogen) atoms. The number of hydrogen-bond donors (Lipinski definition) is 1. The molecule has 2 aromatic heterocycles. The number of fused-ring (bicyclic) bond motifs is 3. The van der Waals surface area contributed by atoms with E-state index >= 15 is 0 Å².